The molecule has 8 heteroatoms. The highest BCUT2D eigenvalue weighted by molar-refractivity contribution is 7.88. The van der Waals surface area contributed by atoms with E-state index < -0.39 is 16.3 Å². The van der Waals surface area contributed by atoms with Gasteiger partial charge in [0.15, 0.2) is 0 Å². The Morgan fingerprint density at radius 3 is 2.67 bits per heavy atom. The van der Waals surface area contributed by atoms with Crippen LogP contribution in [-0.2, 0) is 14.9 Å². The fourth-order valence-electron chi connectivity index (χ4n) is 1.92. The number of alkyl halides is 1. The van der Waals surface area contributed by atoms with Gasteiger partial charge in [0.1, 0.15) is 0 Å². The summed E-state index contributed by atoms with van der Waals surface area (Å²) >= 11 is 6.12. The van der Waals surface area contributed by atoms with Crippen molar-refractivity contribution in [1.82, 2.24) is 9.44 Å². The average molecular weight is 299 g/mol. The van der Waals surface area contributed by atoms with Crippen molar-refractivity contribution in [3.8, 4) is 0 Å². The predicted molar refractivity (Wildman–Crippen MR) is 68.7 cm³/mol. The largest absolute Gasteiger partial charge is 0.449 e. The number of halogens is 1. The molecule has 0 spiro atoms. The van der Waals surface area contributed by atoms with Crippen molar-refractivity contribution >= 4 is 27.9 Å². The molecule has 2 atom stereocenters. The van der Waals surface area contributed by atoms with Gasteiger partial charge in [-0.15, -0.1) is 11.6 Å². The lowest BCUT2D eigenvalue weighted by Gasteiger charge is -2.26. The number of carbonyl (C=O) groups excluding carboxylic acids is 1. The number of carbonyl (C=O) groups is 1. The number of hydrogen-bond acceptors (Lipinski definition) is 4. The van der Waals surface area contributed by atoms with Gasteiger partial charge < -0.3 is 4.74 Å². The standard InChI is InChI=1S/C10H19ClN2O4S/c1-2-17-10(14)13-18(15,16)12-7-8-5-3-4-6-9(8)11/h8-9,12H,2-7H2,1H3,(H,13,14). The van der Waals surface area contributed by atoms with Crippen LogP contribution < -0.4 is 9.44 Å². The van der Waals surface area contributed by atoms with Gasteiger partial charge >= 0.3 is 16.3 Å². The van der Waals surface area contributed by atoms with Crippen LogP contribution in [0.15, 0.2) is 0 Å². The van der Waals surface area contributed by atoms with Crippen LogP contribution in [0.4, 0.5) is 4.79 Å². The minimum absolute atomic E-state index is 0.0101. The Morgan fingerprint density at radius 2 is 2.06 bits per heavy atom. The summed E-state index contributed by atoms with van der Waals surface area (Å²) in [7, 11) is -3.86. The maximum absolute atomic E-state index is 11.5. The van der Waals surface area contributed by atoms with Crippen molar-refractivity contribution in [3.63, 3.8) is 0 Å². The molecule has 2 N–H and O–H groups in total. The number of rotatable bonds is 5. The Balaban J connectivity index is 2.38. The second-order valence-corrected chi connectivity index (χ2v) is 6.30. The lowest BCUT2D eigenvalue weighted by Crippen LogP contribution is -2.43. The minimum Gasteiger partial charge on any atom is -0.449 e. The van der Waals surface area contributed by atoms with Crippen LogP contribution in [0.3, 0.4) is 0 Å². The molecule has 0 bridgehead atoms. The molecule has 6 nitrogen and oxygen atoms in total. The van der Waals surface area contributed by atoms with E-state index in [1.54, 1.807) is 11.6 Å². The quantitative estimate of drug-likeness (QED) is 0.751. The van der Waals surface area contributed by atoms with Crippen molar-refractivity contribution < 1.29 is 17.9 Å². The zero-order chi connectivity index (χ0) is 13.6. The molecule has 1 aliphatic rings. The lowest BCUT2D eigenvalue weighted by atomic mass is 9.89. The lowest BCUT2D eigenvalue weighted by molar-refractivity contribution is 0.158. The normalized spacial score (nSPS) is 24.6. The van der Waals surface area contributed by atoms with Crippen LogP contribution in [0.2, 0.25) is 0 Å². The van der Waals surface area contributed by atoms with Crippen molar-refractivity contribution in [2.24, 2.45) is 5.92 Å². The van der Waals surface area contributed by atoms with E-state index in [1.807, 2.05) is 0 Å². The fourth-order valence-corrected chi connectivity index (χ4v) is 3.07. The van der Waals surface area contributed by atoms with E-state index in [1.165, 1.54) is 0 Å². The van der Waals surface area contributed by atoms with E-state index in [-0.39, 0.29) is 24.4 Å². The van der Waals surface area contributed by atoms with E-state index >= 15 is 0 Å². The Bertz CT molecular complexity index is 374. The maximum Gasteiger partial charge on any atom is 0.421 e. The van der Waals surface area contributed by atoms with Crippen LogP contribution in [0.5, 0.6) is 0 Å². The molecule has 1 saturated carbocycles. The maximum atomic E-state index is 11.5. The third-order valence-electron chi connectivity index (χ3n) is 2.84. The van der Waals surface area contributed by atoms with Crippen LogP contribution in [0.25, 0.3) is 0 Å². The van der Waals surface area contributed by atoms with Crippen LogP contribution in [0.1, 0.15) is 32.6 Å². The highest BCUT2D eigenvalue weighted by Crippen LogP contribution is 2.27. The highest BCUT2D eigenvalue weighted by atomic mass is 35.5. The van der Waals surface area contributed by atoms with Gasteiger partial charge in [0.25, 0.3) is 0 Å². The highest BCUT2D eigenvalue weighted by Gasteiger charge is 2.25. The molecule has 1 aliphatic carbocycles. The molecule has 0 aliphatic heterocycles. The molecule has 0 aromatic heterocycles. The Kier molecular flexibility index (Phi) is 6.17. The monoisotopic (exact) mass is 298 g/mol. The molecule has 0 aromatic carbocycles. The van der Waals surface area contributed by atoms with Gasteiger partial charge in [-0.1, -0.05) is 12.8 Å². The topological polar surface area (TPSA) is 84.5 Å². The van der Waals surface area contributed by atoms with Crippen LogP contribution >= 0.6 is 11.6 Å². The van der Waals surface area contributed by atoms with Crippen molar-refractivity contribution in [2.75, 3.05) is 13.2 Å². The van der Waals surface area contributed by atoms with E-state index in [0.717, 1.165) is 25.7 Å². The summed E-state index contributed by atoms with van der Waals surface area (Å²) in [4.78, 5) is 11.0. The van der Waals surface area contributed by atoms with E-state index in [9.17, 15) is 13.2 Å². The van der Waals surface area contributed by atoms with Crippen molar-refractivity contribution in [2.45, 2.75) is 38.0 Å². The third kappa shape index (κ3) is 5.41. The molecule has 18 heavy (non-hydrogen) atoms. The van der Waals surface area contributed by atoms with E-state index in [4.69, 9.17) is 11.6 Å². The van der Waals surface area contributed by atoms with E-state index in [2.05, 4.69) is 9.46 Å². The van der Waals surface area contributed by atoms with Crippen molar-refractivity contribution in [1.29, 1.82) is 0 Å². The summed E-state index contributed by atoms with van der Waals surface area (Å²) in [6.07, 6.45) is 2.96. The molecule has 1 amide bonds. The van der Waals surface area contributed by atoms with Gasteiger partial charge in [-0.05, 0) is 25.7 Å². The van der Waals surface area contributed by atoms with Gasteiger partial charge in [0.2, 0.25) is 0 Å². The number of amides is 1. The van der Waals surface area contributed by atoms with Crippen LogP contribution in [0, 0.1) is 5.92 Å². The zero-order valence-corrected chi connectivity index (χ0v) is 11.9. The summed E-state index contributed by atoms with van der Waals surface area (Å²) in [5.74, 6) is 0.110. The average Bonchev–Trinajstić information content (AvgIpc) is 2.27. The van der Waals surface area contributed by atoms with Gasteiger partial charge in [0.05, 0.1) is 6.61 Å². The second-order valence-electron chi connectivity index (χ2n) is 4.23. The summed E-state index contributed by atoms with van der Waals surface area (Å²) in [5, 5.41) is -0.0101. The number of ether oxygens (including phenoxy) is 1. The molecule has 0 heterocycles. The second kappa shape index (κ2) is 7.16. The number of nitrogens with one attached hydrogen (secondary N) is 2. The molecule has 1 rings (SSSR count). The van der Waals surface area contributed by atoms with Gasteiger partial charge in [-0.2, -0.15) is 13.1 Å². The Labute approximate surface area is 113 Å². The summed E-state index contributed by atoms with van der Waals surface area (Å²) < 4.78 is 31.6. The molecule has 0 radical (unpaired) electrons. The Morgan fingerprint density at radius 1 is 1.39 bits per heavy atom. The molecular formula is C10H19ClN2O4S. The smallest absolute Gasteiger partial charge is 0.421 e. The molecule has 2 unspecified atom stereocenters. The number of hydrogen-bond donors (Lipinski definition) is 2. The van der Waals surface area contributed by atoms with E-state index in [0.29, 0.717) is 0 Å². The predicted octanol–water partition coefficient (Wildman–Crippen LogP) is 1.36. The first-order valence-corrected chi connectivity index (χ1v) is 7.95. The van der Waals surface area contributed by atoms with Crippen LogP contribution in [-0.4, -0.2) is 33.0 Å². The summed E-state index contributed by atoms with van der Waals surface area (Å²) in [5.41, 5.74) is 0. The van der Waals surface area contributed by atoms with Gasteiger partial charge in [0, 0.05) is 11.9 Å². The molecule has 0 saturated heterocycles. The SMILES string of the molecule is CCOC(=O)NS(=O)(=O)NCC1CCCCC1Cl. The molecule has 106 valence electrons. The molecular weight excluding hydrogens is 280 g/mol. The summed E-state index contributed by atoms with van der Waals surface area (Å²) in [6.45, 7) is 1.95. The first-order valence-electron chi connectivity index (χ1n) is 6.03. The zero-order valence-electron chi connectivity index (χ0n) is 10.3. The minimum atomic E-state index is -3.86. The first kappa shape index (κ1) is 15.5. The molecule has 0 aromatic rings. The van der Waals surface area contributed by atoms with Gasteiger partial charge in [-0.3, -0.25) is 0 Å². The summed E-state index contributed by atoms with van der Waals surface area (Å²) in [6, 6.07) is 0. The van der Waals surface area contributed by atoms with Gasteiger partial charge in [-0.25, -0.2) is 9.52 Å². The van der Waals surface area contributed by atoms with Crippen molar-refractivity contribution in [3.05, 3.63) is 0 Å². The first-order chi connectivity index (χ1) is 8.44. The molecule has 1 fully saturated rings. The third-order valence-corrected chi connectivity index (χ3v) is 4.40. The fraction of sp³-hybridized carbons (Fsp3) is 0.900. The Hall–Kier alpha value is -0.530.